The van der Waals surface area contributed by atoms with Gasteiger partial charge in [0.05, 0.1) is 6.54 Å². The normalized spacial score (nSPS) is 15.0. The molecule has 2 rings (SSSR count). The molecule has 0 aliphatic heterocycles. The summed E-state index contributed by atoms with van der Waals surface area (Å²) < 4.78 is 0. The van der Waals surface area contributed by atoms with Gasteiger partial charge in [-0.15, -0.1) is 0 Å². The van der Waals surface area contributed by atoms with Crippen LogP contribution >= 0.6 is 0 Å². The summed E-state index contributed by atoms with van der Waals surface area (Å²) in [6.45, 7) is 0.0888. The molecule has 1 aromatic heterocycles. The Hall–Kier alpha value is -2.16. The van der Waals surface area contributed by atoms with Gasteiger partial charge in [0.15, 0.2) is 0 Å². The third kappa shape index (κ3) is 3.69. The van der Waals surface area contributed by atoms with E-state index < -0.39 is 5.91 Å². The number of nitrogens with one attached hydrogen (secondary N) is 1. The van der Waals surface area contributed by atoms with Gasteiger partial charge in [-0.1, -0.05) is 12.8 Å². The number of hydrogen-bond acceptors (Lipinski definition) is 8. The van der Waals surface area contributed by atoms with E-state index in [-0.39, 0.29) is 18.5 Å². The monoisotopic (exact) mass is 294 g/mol. The zero-order chi connectivity index (χ0) is 15.4. The minimum atomic E-state index is -0.407. The fourth-order valence-electron chi connectivity index (χ4n) is 2.49. The van der Waals surface area contributed by atoms with Crippen molar-refractivity contribution < 1.29 is 4.79 Å². The van der Waals surface area contributed by atoms with Gasteiger partial charge in [-0.2, -0.15) is 15.0 Å². The highest BCUT2D eigenvalue weighted by Gasteiger charge is 2.27. The van der Waals surface area contributed by atoms with E-state index in [1.54, 1.807) is 4.90 Å². The van der Waals surface area contributed by atoms with Gasteiger partial charge in [0.25, 0.3) is 0 Å². The highest BCUT2D eigenvalue weighted by molar-refractivity contribution is 5.79. The fourth-order valence-corrected chi connectivity index (χ4v) is 2.49. The number of hydrogen-bond donors (Lipinski definition) is 3. The number of carbonyl (C=O) groups is 1. The zero-order valence-electron chi connectivity index (χ0n) is 12.4. The second-order valence-electron chi connectivity index (χ2n) is 5.33. The second kappa shape index (κ2) is 6.53. The SMILES string of the molecule is CN(C)c1nc(NN)nc(N(CC(N)=O)C2CCCC2)n1. The first kappa shape index (κ1) is 15.2. The molecule has 9 nitrogen and oxygen atoms in total. The van der Waals surface area contributed by atoms with Crippen LogP contribution in [0.5, 0.6) is 0 Å². The molecule has 1 heterocycles. The molecule has 1 fully saturated rings. The predicted molar refractivity (Wildman–Crippen MR) is 80.8 cm³/mol. The number of nitrogen functional groups attached to an aromatic ring is 1. The van der Waals surface area contributed by atoms with Gasteiger partial charge in [0.1, 0.15) is 0 Å². The summed E-state index contributed by atoms with van der Waals surface area (Å²) >= 11 is 0. The number of amides is 1. The van der Waals surface area contributed by atoms with Gasteiger partial charge in [-0.05, 0) is 12.8 Å². The second-order valence-corrected chi connectivity index (χ2v) is 5.33. The van der Waals surface area contributed by atoms with Gasteiger partial charge < -0.3 is 15.5 Å². The van der Waals surface area contributed by atoms with Crippen molar-refractivity contribution >= 4 is 23.8 Å². The molecule has 21 heavy (non-hydrogen) atoms. The minimum absolute atomic E-state index is 0.0888. The molecule has 116 valence electrons. The number of nitrogens with zero attached hydrogens (tertiary/aromatic N) is 5. The van der Waals surface area contributed by atoms with E-state index in [1.165, 1.54) is 0 Å². The van der Waals surface area contributed by atoms with E-state index in [2.05, 4.69) is 20.4 Å². The van der Waals surface area contributed by atoms with Crippen LogP contribution in [0.25, 0.3) is 0 Å². The number of primary amides is 1. The largest absolute Gasteiger partial charge is 0.368 e. The first-order valence-corrected chi connectivity index (χ1v) is 6.96. The number of aromatic nitrogens is 3. The van der Waals surface area contributed by atoms with Crippen LogP contribution in [0.15, 0.2) is 0 Å². The Kier molecular flexibility index (Phi) is 4.73. The lowest BCUT2D eigenvalue weighted by molar-refractivity contribution is -0.116. The highest BCUT2D eigenvalue weighted by atomic mass is 16.1. The van der Waals surface area contributed by atoms with Crippen LogP contribution < -0.4 is 26.8 Å². The Morgan fingerprint density at radius 1 is 1.24 bits per heavy atom. The van der Waals surface area contributed by atoms with Crippen LogP contribution in [0.3, 0.4) is 0 Å². The quantitative estimate of drug-likeness (QED) is 0.471. The van der Waals surface area contributed by atoms with Crippen LogP contribution in [-0.4, -0.2) is 47.5 Å². The lowest BCUT2D eigenvalue weighted by atomic mass is 10.2. The van der Waals surface area contributed by atoms with Crippen LogP contribution in [0.2, 0.25) is 0 Å². The molecule has 0 radical (unpaired) electrons. The van der Waals surface area contributed by atoms with Crippen molar-refractivity contribution in [1.29, 1.82) is 0 Å². The lowest BCUT2D eigenvalue weighted by Crippen LogP contribution is -2.41. The van der Waals surface area contributed by atoms with E-state index in [9.17, 15) is 4.79 Å². The summed E-state index contributed by atoms with van der Waals surface area (Å²) in [5.74, 6) is 6.16. The van der Waals surface area contributed by atoms with Crippen molar-refractivity contribution in [2.45, 2.75) is 31.7 Å². The molecule has 1 aliphatic rings. The molecule has 1 saturated carbocycles. The first-order chi connectivity index (χ1) is 10.0. The van der Waals surface area contributed by atoms with Crippen molar-refractivity contribution in [3.05, 3.63) is 0 Å². The summed E-state index contributed by atoms with van der Waals surface area (Å²) in [5, 5.41) is 0. The van der Waals surface area contributed by atoms with Crippen molar-refractivity contribution in [3.63, 3.8) is 0 Å². The molecule has 0 atom stereocenters. The Morgan fingerprint density at radius 2 is 1.86 bits per heavy atom. The van der Waals surface area contributed by atoms with Crippen molar-refractivity contribution in [1.82, 2.24) is 15.0 Å². The maximum atomic E-state index is 11.4. The Bertz CT molecular complexity index is 500. The maximum Gasteiger partial charge on any atom is 0.243 e. The van der Waals surface area contributed by atoms with Crippen molar-refractivity contribution in [3.8, 4) is 0 Å². The van der Waals surface area contributed by atoms with Gasteiger partial charge in [0.2, 0.25) is 23.8 Å². The molecule has 0 spiro atoms. The summed E-state index contributed by atoms with van der Waals surface area (Å²) in [5.41, 5.74) is 7.79. The average Bonchev–Trinajstić information content (AvgIpc) is 2.97. The maximum absolute atomic E-state index is 11.4. The molecular formula is C12H22N8O. The summed E-state index contributed by atoms with van der Waals surface area (Å²) in [6.07, 6.45) is 4.27. The third-order valence-electron chi connectivity index (χ3n) is 3.49. The summed E-state index contributed by atoms with van der Waals surface area (Å²) in [7, 11) is 3.65. The number of rotatable bonds is 6. The van der Waals surface area contributed by atoms with E-state index in [0.717, 1.165) is 25.7 Å². The predicted octanol–water partition coefficient (Wildman–Crippen LogP) is -0.542. The molecule has 5 N–H and O–H groups in total. The van der Waals surface area contributed by atoms with E-state index in [4.69, 9.17) is 11.6 Å². The van der Waals surface area contributed by atoms with Gasteiger partial charge in [-0.25, -0.2) is 5.84 Å². The molecule has 9 heteroatoms. The van der Waals surface area contributed by atoms with Crippen LogP contribution in [0.1, 0.15) is 25.7 Å². The lowest BCUT2D eigenvalue weighted by Gasteiger charge is -2.28. The number of carbonyl (C=O) groups excluding carboxylic acids is 1. The smallest absolute Gasteiger partial charge is 0.243 e. The average molecular weight is 294 g/mol. The Balaban J connectivity index is 2.37. The zero-order valence-corrected chi connectivity index (χ0v) is 12.4. The molecule has 0 unspecified atom stereocenters. The van der Waals surface area contributed by atoms with E-state index in [0.29, 0.717) is 11.9 Å². The standard InChI is InChI=1S/C12H22N8O/c1-19(2)11-15-10(18-14)16-12(17-11)20(7-9(13)21)8-5-3-4-6-8/h8H,3-7,14H2,1-2H3,(H2,13,21)(H,15,16,17,18). The number of anilines is 3. The van der Waals surface area contributed by atoms with Gasteiger partial charge >= 0.3 is 0 Å². The van der Waals surface area contributed by atoms with Crippen LogP contribution in [0, 0.1) is 0 Å². The number of hydrazine groups is 1. The summed E-state index contributed by atoms with van der Waals surface area (Å²) in [6, 6.07) is 0.223. The van der Waals surface area contributed by atoms with Crippen LogP contribution in [-0.2, 0) is 4.79 Å². The van der Waals surface area contributed by atoms with Gasteiger partial charge in [-0.3, -0.25) is 10.2 Å². The van der Waals surface area contributed by atoms with E-state index in [1.807, 2.05) is 19.0 Å². The van der Waals surface area contributed by atoms with Crippen LogP contribution in [0.4, 0.5) is 17.8 Å². The molecule has 1 aliphatic carbocycles. The first-order valence-electron chi connectivity index (χ1n) is 6.96. The highest BCUT2D eigenvalue weighted by Crippen LogP contribution is 2.27. The van der Waals surface area contributed by atoms with E-state index >= 15 is 0 Å². The Labute approximate surface area is 123 Å². The summed E-state index contributed by atoms with van der Waals surface area (Å²) in [4.78, 5) is 27.8. The minimum Gasteiger partial charge on any atom is -0.368 e. The van der Waals surface area contributed by atoms with Crippen molar-refractivity contribution in [2.24, 2.45) is 11.6 Å². The molecule has 0 aromatic carbocycles. The topological polar surface area (TPSA) is 126 Å². The fraction of sp³-hybridized carbons (Fsp3) is 0.667. The Morgan fingerprint density at radius 3 is 2.38 bits per heavy atom. The third-order valence-corrected chi connectivity index (χ3v) is 3.49. The molecule has 1 aromatic rings. The van der Waals surface area contributed by atoms with Gasteiger partial charge in [0, 0.05) is 20.1 Å². The number of nitrogens with two attached hydrogens (primary N) is 2. The molecular weight excluding hydrogens is 272 g/mol. The molecule has 1 amide bonds. The molecule has 0 saturated heterocycles. The molecule has 0 bridgehead atoms. The van der Waals surface area contributed by atoms with Crippen molar-refractivity contribution in [2.75, 3.05) is 35.9 Å².